The number of hydrogen-bond donors (Lipinski definition) is 1. The maximum Gasteiger partial charge on any atom is 0.241 e. The van der Waals surface area contributed by atoms with Crippen LogP contribution in [-0.4, -0.2) is 22.1 Å². The third-order valence-electron chi connectivity index (χ3n) is 3.46. The fourth-order valence-corrected chi connectivity index (χ4v) is 2.92. The quantitative estimate of drug-likeness (QED) is 0.878. The maximum absolute atomic E-state index is 12.2. The van der Waals surface area contributed by atoms with Crippen molar-refractivity contribution < 1.29 is 13.2 Å². The lowest BCUT2D eigenvalue weighted by atomic mass is 10.1. The van der Waals surface area contributed by atoms with Gasteiger partial charge in [0.25, 0.3) is 0 Å². The number of hydrogen-bond acceptors (Lipinski definition) is 3. The van der Waals surface area contributed by atoms with Gasteiger partial charge in [-0.3, -0.25) is 0 Å². The Balaban J connectivity index is 2.02. The highest BCUT2D eigenvalue weighted by molar-refractivity contribution is 7.89. The molecular formula is C18H19NO3S. The van der Waals surface area contributed by atoms with Crippen LogP contribution in [0.2, 0.25) is 0 Å². The first-order valence-electron chi connectivity index (χ1n) is 7.12. The van der Waals surface area contributed by atoms with Crippen molar-refractivity contribution in [2.45, 2.75) is 18.7 Å². The van der Waals surface area contributed by atoms with Gasteiger partial charge in [-0.05, 0) is 61.4 Å². The molecule has 0 radical (unpaired) electrons. The third-order valence-corrected chi connectivity index (χ3v) is 4.86. The molecule has 0 aliphatic carbocycles. The second-order valence-electron chi connectivity index (χ2n) is 5.10. The van der Waals surface area contributed by atoms with Crippen molar-refractivity contribution in [2.24, 2.45) is 0 Å². The van der Waals surface area contributed by atoms with Crippen LogP contribution >= 0.6 is 0 Å². The van der Waals surface area contributed by atoms with E-state index in [1.165, 1.54) is 0 Å². The lowest BCUT2D eigenvalue weighted by Crippen LogP contribution is -2.24. The number of sulfonamides is 1. The molecule has 4 nitrogen and oxygen atoms in total. The van der Waals surface area contributed by atoms with E-state index in [-0.39, 0.29) is 11.4 Å². The second kappa shape index (κ2) is 7.32. The number of rotatable bonds is 4. The largest absolute Gasteiger partial charge is 0.497 e. The van der Waals surface area contributed by atoms with Crippen LogP contribution in [0, 0.1) is 25.7 Å². The zero-order chi connectivity index (χ0) is 16.9. The van der Waals surface area contributed by atoms with Crippen LogP contribution in [0.4, 0.5) is 0 Å². The SMILES string of the molecule is COc1ccc(C#CCNS(=O)(=O)c2ccc(C)c(C)c2)cc1. The lowest BCUT2D eigenvalue weighted by Gasteiger charge is -2.06. The molecule has 1 N–H and O–H groups in total. The summed E-state index contributed by atoms with van der Waals surface area (Å²) in [6.07, 6.45) is 0. The van der Waals surface area contributed by atoms with E-state index < -0.39 is 10.0 Å². The second-order valence-corrected chi connectivity index (χ2v) is 6.87. The topological polar surface area (TPSA) is 55.4 Å². The van der Waals surface area contributed by atoms with E-state index >= 15 is 0 Å². The van der Waals surface area contributed by atoms with Gasteiger partial charge in [0.1, 0.15) is 5.75 Å². The summed E-state index contributed by atoms with van der Waals surface area (Å²) in [5, 5.41) is 0. The highest BCUT2D eigenvalue weighted by Crippen LogP contribution is 2.14. The van der Waals surface area contributed by atoms with E-state index in [0.717, 1.165) is 22.4 Å². The summed E-state index contributed by atoms with van der Waals surface area (Å²) in [4.78, 5) is 0.256. The maximum atomic E-state index is 12.2. The summed E-state index contributed by atoms with van der Waals surface area (Å²) < 4.78 is 31.9. The Labute approximate surface area is 137 Å². The molecule has 0 fully saturated rings. The smallest absolute Gasteiger partial charge is 0.241 e. The fraction of sp³-hybridized carbons (Fsp3) is 0.222. The molecule has 0 unspecified atom stereocenters. The van der Waals surface area contributed by atoms with Gasteiger partial charge in [-0.1, -0.05) is 17.9 Å². The van der Waals surface area contributed by atoms with E-state index in [0.29, 0.717) is 0 Å². The average molecular weight is 329 g/mol. The van der Waals surface area contributed by atoms with E-state index in [1.54, 1.807) is 25.3 Å². The first-order valence-corrected chi connectivity index (χ1v) is 8.60. The molecule has 0 bridgehead atoms. The van der Waals surface area contributed by atoms with Gasteiger partial charge in [0.05, 0.1) is 18.6 Å². The fourth-order valence-electron chi connectivity index (χ4n) is 1.92. The van der Waals surface area contributed by atoms with Gasteiger partial charge < -0.3 is 4.74 Å². The van der Waals surface area contributed by atoms with Gasteiger partial charge >= 0.3 is 0 Å². The van der Waals surface area contributed by atoms with Crippen LogP contribution in [0.25, 0.3) is 0 Å². The summed E-state index contributed by atoms with van der Waals surface area (Å²) in [6.45, 7) is 3.89. The van der Waals surface area contributed by atoms with Gasteiger partial charge in [0.2, 0.25) is 10.0 Å². The molecular weight excluding hydrogens is 310 g/mol. The van der Waals surface area contributed by atoms with Crippen molar-refractivity contribution >= 4 is 10.0 Å². The highest BCUT2D eigenvalue weighted by atomic mass is 32.2. The Hall–Kier alpha value is -2.29. The molecule has 2 aromatic carbocycles. The van der Waals surface area contributed by atoms with E-state index in [2.05, 4.69) is 16.6 Å². The molecule has 2 rings (SSSR count). The molecule has 0 heterocycles. The Morgan fingerprint density at radius 3 is 2.35 bits per heavy atom. The van der Waals surface area contributed by atoms with Crippen LogP contribution < -0.4 is 9.46 Å². The molecule has 23 heavy (non-hydrogen) atoms. The first-order chi connectivity index (χ1) is 10.9. The summed E-state index contributed by atoms with van der Waals surface area (Å²) in [7, 11) is -1.94. The first kappa shape index (κ1) is 17.1. The van der Waals surface area contributed by atoms with Crippen molar-refractivity contribution in [1.82, 2.24) is 4.72 Å². The number of nitrogens with one attached hydrogen (secondary N) is 1. The molecule has 120 valence electrons. The summed E-state index contributed by atoms with van der Waals surface area (Å²) in [6, 6.07) is 12.3. The van der Waals surface area contributed by atoms with Crippen LogP contribution in [-0.2, 0) is 10.0 Å². The summed E-state index contributed by atoms with van der Waals surface area (Å²) in [5.41, 5.74) is 2.80. The monoisotopic (exact) mass is 329 g/mol. The molecule has 5 heteroatoms. The van der Waals surface area contributed by atoms with E-state index in [1.807, 2.05) is 38.1 Å². The standard InChI is InChI=1S/C18H19NO3S/c1-14-6-11-18(13-15(14)2)23(20,21)19-12-4-5-16-7-9-17(22-3)10-8-16/h6-11,13,19H,12H2,1-3H3. The van der Waals surface area contributed by atoms with Gasteiger partial charge in [-0.15, -0.1) is 0 Å². The highest BCUT2D eigenvalue weighted by Gasteiger charge is 2.13. The third kappa shape index (κ3) is 4.59. The van der Waals surface area contributed by atoms with Crippen LogP contribution in [0.15, 0.2) is 47.4 Å². The van der Waals surface area contributed by atoms with Gasteiger partial charge in [-0.25, -0.2) is 8.42 Å². The molecule has 2 aromatic rings. The molecule has 0 amide bonds. The number of methoxy groups -OCH3 is 1. The Morgan fingerprint density at radius 2 is 1.74 bits per heavy atom. The van der Waals surface area contributed by atoms with Crippen molar-refractivity contribution in [2.75, 3.05) is 13.7 Å². The predicted molar refractivity (Wildman–Crippen MR) is 91.0 cm³/mol. The molecule has 0 aliphatic heterocycles. The van der Waals surface area contributed by atoms with E-state index in [4.69, 9.17) is 4.74 Å². The van der Waals surface area contributed by atoms with Gasteiger partial charge in [-0.2, -0.15) is 4.72 Å². The molecule has 0 aromatic heterocycles. The minimum absolute atomic E-state index is 0.0568. The molecule has 0 atom stereocenters. The molecule has 0 spiro atoms. The Morgan fingerprint density at radius 1 is 1.04 bits per heavy atom. The van der Waals surface area contributed by atoms with Gasteiger partial charge in [0, 0.05) is 5.56 Å². The molecule has 0 aliphatic rings. The Kier molecular flexibility index (Phi) is 5.43. The minimum atomic E-state index is -3.54. The molecule has 0 saturated heterocycles. The summed E-state index contributed by atoms with van der Waals surface area (Å²) >= 11 is 0. The number of aryl methyl sites for hydroxylation is 2. The van der Waals surface area contributed by atoms with Crippen molar-refractivity contribution in [3.63, 3.8) is 0 Å². The molecule has 0 saturated carbocycles. The van der Waals surface area contributed by atoms with Crippen molar-refractivity contribution in [3.8, 4) is 17.6 Å². The van der Waals surface area contributed by atoms with E-state index in [9.17, 15) is 8.42 Å². The normalized spacial score (nSPS) is 10.7. The van der Waals surface area contributed by atoms with Crippen molar-refractivity contribution in [1.29, 1.82) is 0 Å². The minimum Gasteiger partial charge on any atom is -0.497 e. The van der Waals surface area contributed by atoms with Crippen LogP contribution in [0.1, 0.15) is 16.7 Å². The van der Waals surface area contributed by atoms with Gasteiger partial charge in [0.15, 0.2) is 0 Å². The number of ether oxygens (including phenoxy) is 1. The summed E-state index contributed by atoms with van der Waals surface area (Å²) in [5.74, 6) is 6.47. The lowest BCUT2D eigenvalue weighted by molar-refractivity contribution is 0.415. The van der Waals surface area contributed by atoms with Crippen molar-refractivity contribution in [3.05, 3.63) is 59.2 Å². The predicted octanol–water partition coefficient (Wildman–Crippen LogP) is 2.64. The van der Waals surface area contributed by atoms with Crippen LogP contribution in [0.5, 0.6) is 5.75 Å². The average Bonchev–Trinajstić information content (AvgIpc) is 2.54. The van der Waals surface area contributed by atoms with Crippen LogP contribution in [0.3, 0.4) is 0 Å². The number of benzene rings is 2. The Bertz CT molecular complexity index is 844. The zero-order valence-corrected chi connectivity index (χ0v) is 14.2. The zero-order valence-electron chi connectivity index (χ0n) is 13.4.